The molecule has 0 bridgehead atoms. The molecule has 2 atom stereocenters. The summed E-state index contributed by atoms with van der Waals surface area (Å²) in [6.45, 7) is 4.65. The maximum atomic E-state index is 6.30. The second-order valence-electron chi connectivity index (χ2n) is 5.56. The second kappa shape index (κ2) is 6.02. The standard InChI is InChI=1S/C13H19ClN4O.ClH/c1-9-10(15)13(8-19-9)2-6-18(7-3-13)12-11(14)16-4-5-17-12;/h4-5,9-10H,2-3,6-8,15H2,1H3;1H/t9-,10+;/m0./s1. The fourth-order valence-corrected chi connectivity index (χ4v) is 3.39. The Morgan fingerprint density at radius 3 is 2.55 bits per heavy atom. The highest BCUT2D eigenvalue weighted by molar-refractivity contribution is 6.31. The van der Waals surface area contributed by atoms with Crippen LogP contribution in [0.1, 0.15) is 19.8 Å². The maximum Gasteiger partial charge on any atom is 0.171 e. The molecule has 0 radical (unpaired) electrons. The van der Waals surface area contributed by atoms with Crippen molar-refractivity contribution in [3.63, 3.8) is 0 Å². The molecule has 0 aliphatic carbocycles. The minimum Gasteiger partial charge on any atom is -0.376 e. The first-order chi connectivity index (χ1) is 9.12. The monoisotopic (exact) mass is 318 g/mol. The smallest absolute Gasteiger partial charge is 0.171 e. The van der Waals surface area contributed by atoms with Crippen LogP contribution in [0.5, 0.6) is 0 Å². The van der Waals surface area contributed by atoms with E-state index in [0.29, 0.717) is 5.15 Å². The molecule has 20 heavy (non-hydrogen) atoms. The fraction of sp³-hybridized carbons (Fsp3) is 0.692. The lowest BCUT2D eigenvalue weighted by Gasteiger charge is -2.41. The van der Waals surface area contributed by atoms with Crippen molar-refractivity contribution in [3.8, 4) is 0 Å². The highest BCUT2D eigenvalue weighted by Crippen LogP contribution is 2.42. The summed E-state index contributed by atoms with van der Waals surface area (Å²) in [6.07, 6.45) is 5.49. The Kier molecular flexibility index (Phi) is 4.74. The van der Waals surface area contributed by atoms with Crippen LogP contribution in [0.15, 0.2) is 12.4 Å². The molecule has 2 saturated heterocycles. The van der Waals surface area contributed by atoms with E-state index in [1.54, 1.807) is 12.4 Å². The second-order valence-corrected chi connectivity index (χ2v) is 5.92. The number of aromatic nitrogens is 2. The maximum absolute atomic E-state index is 6.30. The first-order valence-electron chi connectivity index (χ1n) is 6.71. The van der Waals surface area contributed by atoms with Crippen LogP contribution in [0.3, 0.4) is 0 Å². The molecule has 3 rings (SSSR count). The van der Waals surface area contributed by atoms with Crippen LogP contribution in [0.4, 0.5) is 5.82 Å². The van der Waals surface area contributed by atoms with Gasteiger partial charge in [-0.2, -0.15) is 0 Å². The van der Waals surface area contributed by atoms with Crippen LogP contribution in [0.2, 0.25) is 5.15 Å². The number of rotatable bonds is 1. The van der Waals surface area contributed by atoms with E-state index in [2.05, 4.69) is 21.8 Å². The van der Waals surface area contributed by atoms with E-state index in [1.807, 2.05) is 0 Å². The fourth-order valence-electron chi connectivity index (χ4n) is 3.16. The molecule has 5 nitrogen and oxygen atoms in total. The van der Waals surface area contributed by atoms with Gasteiger partial charge in [-0.3, -0.25) is 0 Å². The molecule has 2 aliphatic rings. The molecular weight excluding hydrogens is 299 g/mol. The highest BCUT2D eigenvalue weighted by atomic mass is 35.5. The van der Waals surface area contributed by atoms with E-state index >= 15 is 0 Å². The van der Waals surface area contributed by atoms with Gasteiger partial charge in [0.1, 0.15) is 0 Å². The summed E-state index contributed by atoms with van der Waals surface area (Å²) < 4.78 is 5.73. The van der Waals surface area contributed by atoms with Crippen LogP contribution in [-0.4, -0.2) is 41.8 Å². The van der Waals surface area contributed by atoms with E-state index < -0.39 is 0 Å². The lowest BCUT2D eigenvalue weighted by molar-refractivity contribution is 0.0974. The van der Waals surface area contributed by atoms with Crippen molar-refractivity contribution in [2.75, 3.05) is 24.6 Å². The molecule has 2 fully saturated rings. The van der Waals surface area contributed by atoms with E-state index in [0.717, 1.165) is 38.4 Å². The first kappa shape index (κ1) is 15.8. The minimum absolute atomic E-state index is 0. The van der Waals surface area contributed by atoms with Gasteiger partial charge in [0, 0.05) is 36.9 Å². The van der Waals surface area contributed by atoms with Crippen LogP contribution in [0.25, 0.3) is 0 Å². The van der Waals surface area contributed by atoms with Gasteiger partial charge in [0.05, 0.1) is 12.7 Å². The lowest BCUT2D eigenvalue weighted by atomic mass is 9.73. The molecule has 112 valence electrons. The number of hydrogen-bond acceptors (Lipinski definition) is 5. The molecular formula is C13H20Cl2N4O. The minimum atomic E-state index is 0. The number of piperidine rings is 1. The third-order valence-corrected chi connectivity index (χ3v) is 4.81. The van der Waals surface area contributed by atoms with Crippen molar-refractivity contribution < 1.29 is 4.74 Å². The summed E-state index contributed by atoms with van der Waals surface area (Å²) in [5.41, 5.74) is 6.43. The van der Waals surface area contributed by atoms with Crippen molar-refractivity contribution in [1.82, 2.24) is 9.97 Å². The molecule has 2 aliphatic heterocycles. The average Bonchev–Trinajstić information content (AvgIpc) is 2.70. The summed E-state index contributed by atoms with van der Waals surface area (Å²) in [7, 11) is 0. The number of halogens is 2. The summed E-state index contributed by atoms with van der Waals surface area (Å²) in [5, 5.41) is 0.471. The average molecular weight is 319 g/mol. The van der Waals surface area contributed by atoms with Crippen LogP contribution in [-0.2, 0) is 4.74 Å². The number of nitrogens with zero attached hydrogens (tertiary/aromatic N) is 3. The third kappa shape index (κ3) is 2.60. The molecule has 0 saturated carbocycles. The van der Waals surface area contributed by atoms with Crippen molar-refractivity contribution in [3.05, 3.63) is 17.5 Å². The largest absolute Gasteiger partial charge is 0.376 e. The van der Waals surface area contributed by atoms with Gasteiger partial charge in [-0.25, -0.2) is 9.97 Å². The molecule has 2 N–H and O–H groups in total. The van der Waals surface area contributed by atoms with Crippen LogP contribution in [0, 0.1) is 5.41 Å². The highest BCUT2D eigenvalue weighted by Gasteiger charge is 2.47. The number of nitrogens with two attached hydrogens (primary N) is 1. The Bertz CT molecular complexity index is 465. The topological polar surface area (TPSA) is 64.3 Å². The Balaban J connectivity index is 0.00000147. The normalized spacial score (nSPS) is 28.4. The molecule has 0 amide bonds. The van der Waals surface area contributed by atoms with Gasteiger partial charge in [0.15, 0.2) is 11.0 Å². The quantitative estimate of drug-likeness (QED) is 0.856. The molecule has 0 unspecified atom stereocenters. The van der Waals surface area contributed by atoms with Crippen LogP contribution >= 0.6 is 24.0 Å². The van der Waals surface area contributed by atoms with Gasteiger partial charge < -0.3 is 15.4 Å². The number of anilines is 1. The van der Waals surface area contributed by atoms with Gasteiger partial charge >= 0.3 is 0 Å². The predicted octanol–water partition coefficient (Wildman–Crippen LogP) is 1.88. The van der Waals surface area contributed by atoms with E-state index in [1.165, 1.54) is 0 Å². The molecule has 0 aromatic carbocycles. The number of ether oxygens (including phenoxy) is 1. The van der Waals surface area contributed by atoms with Crippen LogP contribution < -0.4 is 10.6 Å². The van der Waals surface area contributed by atoms with Gasteiger partial charge in [-0.1, -0.05) is 11.6 Å². The Morgan fingerprint density at radius 2 is 2.00 bits per heavy atom. The van der Waals surface area contributed by atoms with Gasteiger partial charge in [0.2, 0.25) is 0 Å². The van der Waals surface area contributed by atoms with Crippen molar-refractivity contribution in [1.29, 1.82) is 0 Å². The Hall–Kier alpha value is -0.620. The van der Waals surface area contributed by atoms with Gasteiger partial charge in [0.25, 0.3) is 0 Å². The molecule has 1 aromatic heterocycles. The Morgan fingerprint density at radius 1 is 1.35 bits per heavy atom. The molecule has 1 spiro atoms. The van der Waals surface area contributed by atoms with Crippen molar-refractivity contribution in [2.24, 2.45) is 11.1 Å². The zero-order valence-corrected chi connectivity index (χ0v) is 13.0. The third-order valence-electron chi connectivity index (χ3n) is 4.54. The summed E-state index contributed by atoms with van der Waals surface area (Å²) >= 11 is 6.10. The molecule has 3 heterocycles. The van der Waals surface area contributed by atoms with Crippen molar-refractivity contribution >= 4 is 29.8 Å². The zero-order valence-electron chi connectivity index (χ0n) is 11.5. The SMILES string of the molecule is C[C@@H]1OCC2(CCN(c3nccnc3Cl)CC2)[C@@H]1N.Cl. The summed E-state index contributed by atoms with van der Waals surface area (Å²) in [5.74, 6) is 0.777. The van der Waals surface area contributed by atoms with E-state index in [-0.39, 0.29) is 30.0 Å². The van der Waals surface area contributed by atoms with E-state index in [9.17, 15) is 0 Å². The van der Waals surface area contributed by atoms with Crippen molar-refractivity contribution in [2.45, 2.75) is 31.9 Å². The summed E-state index contributed by atoms with van der Waals surface area (Å²) in [4.78, 5) is 10.6. The van der Waals surface area contributed by atoms with E-state index in [4.69, 9.17) is 22.1 Å². The number of hydrogen-bond donors (Lipinski definition) is 1. The summed E-state index contributed by atoms with van der Waals surface area (Å²) in [6, 6.07) is 0.131. The van der Waals surface area contributed by atoms with Gasteiger partial charge in [-0.05, 0) is 19.8 Å². The van der Waals surface area contributed by atoms with Gasteiger partial charge in [-0.15, -0.1) is 12.4 Å². The first-order valence-corrected chi connectivity index (χ1v) is 7.09. The molecule has 1 aromatic rings. The Labute approximate surface area is 130 Å². The molecule has 7 heteroatoms. The predicted molar refractivity (Wildman–Crippen MR) is 81.6 cm³/mol. The lowest BCUT2D eigenvalue weighted by Crippen LogP contribution is -2.50. The zero-order chi connectivity index (χ0) is 13.5.